The predicted octanol–water partition coefficient (Wildman–Crippen LogP) is 2.38. The molecule has 0 amide bonds. The summed E-state index contributed by atoms with van der Waals surface area (Å²) in [4.78, 5) is 14.8. The lowest BCUT2D eigenvalue weighted by molar-refractivity contribution is 0.0155. The summed E-state index contributed by atoms with van der Waals surface area (Å²) in [6, 6.07) is 6.17. The van der Waals surface area contributed by atoms with E-state index in [-0.39, 0.29) is 23.7 Å². The second-order valence-corrected chi connectivity index (χ2v) is 6.00. The molecule has 0 radical (unpaired) electrons. The number of aliphatic hydroxyl groups excluding tert-OH is 1. The van der Waals surface area contributed by atoms with Crippen molar-refractivity contribution < 1.29 is 14.3 Å². The fourth-order valence-corrected chi connectivity index (χ4v) is 3.81. The second-order valence-electron chi connectivity index (χ2n) is 6.00. The minimum absolute atomic E-state index is 0.0401. The number of hydrogen-bond acceptors (Lipinski definition) is 3. The topological polar surface area (TPSA) is 40.5 Å². The van der Waals surface area contributed by atoms with Crippen LogP contribution in [0.25, 0.3) is 0 Å². The number of piperidine rings is 1. The first-order valence-corrected chi connectivity index (χ1v) is 7.31. The number of hydrogen-bond donors (Lipinski definition) is 1. The molecule has 20 heavy (non-hydrogen) atoms. The van der Waals surface area contributed by atoms with Gasteiger partial charge in [-0.15, -0.1) is 0 Å². The van der Waals surface area contributed by atoms with Crippen LogP contribution in [0.3, 0.4) is 0 Å². The van der Waals surface area contributed by atoms with Crippen molar-refractivity contribution in [3.8, 4) is 0 Å². The SMILES string of the molecule is CC(C(=O)c1ccc(F)cc1)N1C2CCC1CC(O)C2. The zero-order valence-corrected chi connectivity index (χ0v) is 11.6. The number of carbonyl (C=O) groups excluding carboxylic acids is 1. The van der Waals surface area contributed by atoms with Crippen LogP contribution < -0.4 is 0 Å². The van der Waals surface area contributed by atoms with E-state index in [1.54, 1.807) is 12.1 Å². The standard InChI is InChI=1S/C16H20FNO2/c1-10(16(20)11-2-4-12(17)5-3-11)18-13-6-7-14(18)9-15(19)8-13/h2-5,10,13-15,19H,6-9H2,1H3. The Morgan fingerprint density at radius 3 is 2.35 bits per heavy atom. The van der Waals surface area contributed by atoms with Crippen molar-refractivity contribution in [2.45, 2.75) is 56.8 Å². The van der Waals surface area contributed by atoms with Gasteiger partial charge in [0.1, 0.15) is 5.82 Å². The van der Waals surface area contributed by atoms with E-state index in [9.17, 15) is 14.3 Å². The molecule has 2 heterocycles. The van der Waals surface area contributed by atoms with E-state index in [1.165, 1.54) is 12.1 Å². The third kappa shape index (κ3) is 2.38. The Morgan fingerprint density at radius 2 is 1.80 bits per heavy atom. The molecule has 1 N–H and O–H groups in total. The number of benzene rings is 1. The van der Waals surface area contributed by atoms with Crippen molar-refractivity contribution in [3.63, 3.8) is 0 Å². The average Bonchev–Trinajstić information content (AvgIpc) is 2.70. The molecule has 0 spiro atoms. The van der Waals surface area contributed by atoms with Gasteiger partial charge in [-0.1, -0.05) is 0 Å². The van der Waals surface area contributed by atoms with Crippen LogP contribution in [-0.4, -0.2) is 40.0 Å². The van der Waals surface area contributed by atoms with Gasteiger partial charge in [0, 0.05) is 17.6 Å². The zero-order valence-electron chi connectivity index (χ0n) is 11.6. The van der Waals surface area contributed by atoms with Crippen LogP contribution >= 0.6 is 0 Å². The Labute approximate surface area is 118 Å². The highest BCUT2D eigenvalue weighted by Crippen LogP contribution is 2.37. The summed E-state index contributed by atoms with van der Waals surface area (Å²) in [6.07, 6.45) is 3.41. The Kier molecular flexibility index (Phi) is 3.61. The average molecular weight is 277 g/mol. The van der Waals surface area contributed by atoms with Gasteiger partial charge >= 0.3 is 0 Å². The lowest BCUT2D eigenvalue weighted by Crippen LogP contribution is -2.51. The highest BCUT2D eigenvalue weighted by Gasteiger charge is 2.43. The number of aliphatic hydroxyl groups is 1. The first kappa shape index (κ1) is 13.7. The van der Waals surface area contributed by atoms with E-state index in [4.69, 9.17) is 0 Å². The Morgan fingerprint density at radius 1 is 1.25 bits per heavy atom. The minimum atomic E-state index is -0.324. The predicted molar refractivity (Wildman–Crippen MR) is 74.1 cm³/mol. The van der Waals surface area contributed by atoms with Crippen LogP contribution in [0.4, 0.5) is 4.39 Å². The number of rotatable bonds is 3. The molecular weight excluding hydrogens is 257 g/mol. The second kappa shape index (κ2) is 5.26. The van der Waals surface area contributed by atoms with Gasteiger partial charge in [-0.05, 0) is 56.9 Å². The van der Waals surface area contributed by atoms with Crippen LogP contribution in [0.5, 0.6) is 0 Å². The lowest BCUT2D eigenvalue weighted by Gasteiger charge is -2.40. The molecule has 1 aromatic carbocycles. The van der Waals surface area contributed by atoms with E-state index < -0.39 is 0 Å². The van der Waals surface area contributed by atoms with Gasteiger partial charge in [-0.2, -0.15) is 0 Å². The number of carbonyl (C=O) groups is 1. The van der Waals surface area contributed by atoms with Crippen molar-refractivity contribution in [3.05, 3.63) is 35.6 Å². The molecule has 0 saturated carbocycles. The molecule has 3 unspecified atom stereocenters. The van der Waals surface area contributed by atoms with E-state index >= 15 is 0 Å². The van der Waals surface area contributed by atoms with Gasteiger partial charge in [-0.3, -0.25) is 9.69 Å². The third-order valence-electron chi connectivity index (χ3n) is 4.72. The van der Waals surface area contributed by atoms with Gasteiger partial charge in [0.05, 0.1) is 12.1 Å². The first-order chi connectivity index (χ1) is 9.56. The van der Waals surface area contributed by atoms with Gasteiger partial charge in [0.15, 0.2) is 5.78 Å². The molecule has 2 aliphatic rings. The fourth-order valence-electron chi connectivity index (χ4n) is 3.81. The Bertz CT molecular complexity index is 488. The smallest absolute Gasteiger partial charge is 0.179 e. The van der Waals surface area contributed by atoms with Crippen LogP contribution in [0.1, 0.15) is 43.0 Å². The minimum Gasteiger partial charge on any atom is -0.393 e. The van der Waals surface area contributed by atoms with Crippen LogP contribution in [0, 0.1) is 5.82 Å². The molecule has 4 heteroatoms. The monoisotopic (exact) mass is 277 g/mol. The highest BCUT2D eigenvalue weighted by atomic mass is 19.1. The van der Waals surface area contributed by atoms with E-state index in [0.29, 0.717) is 17.6 Å². The van der Waals surface area contributed by atoms with E-state index in [0.717, 1.165) is 25.7 Å². The van der Waals surface area contributed by atoms with Gasteiger partial charge < -0.3 is 5.11 Å². The van der Waals surface area contributed by atoms with Gasteiger partial charge in [0.25, 0.3) is 0 Å². The maximum absolute atomic E-state index is 12.9. The van der Waals surface area contributed by atoms with Crippen molar-refractivity contribution in [2.24, 2.45) is 0 Å². The molecule has 3 atom stereocenters. The van der Waals surface area contributed by atoms with Crippen molar-refractivity contribution in [1.82, 2.24) is 4.90 Å². The molecule has 2 fully saturated rings. The summed E-state index contributed by atoms with van der Waals surface area (Å²) in [6.45, 7) is 1.93. The largest absolute Gasteiger partial charge is 0.393 e. The number of halogens is 1. The summed E-state index contributed by atoms with van der Waals surface area (Å²) < 4.78 is 12.9. The number of ketones is 1. The summed E-state index contributed by atoms with van der Waals surface area (Å²) in [7, 11) is 0. The maximum Gasteiger partial charge on any atom is 0.179 e. The Balaban J connectivity index is 1.77. The molecular formula is C16H20FNO2. The first-order valence-electron chi connectivity index (χ1n) is 7.31. The zero-order chi connectivity index (χ0) is 14.3. The molecule has 108 valence electrons. The molecule has 3 nitrogen and oxygen atoms in total. The maximum atomic E-state index is 12.9. The molecule has 0 aliphatic carbocycles. The molecule has 2 saturated heterocycles. The van der Waals surface area contributed by atoms with Crippen LogP contribution in [0.15, 0.2) is 24.3 Å². The third-order valence-corrected chi connectivity index (χ3v) is 4.72. The van der Waals surface area contributed by atoms with Gasteiger partial charge in [0.2, 0.25) is 0 Å². The number of fused-ring (bicyclic) bond motifs is 2. The molecule has 0 aromatic heterocycles. The summed E-state index contributed by atoms with van der Waals surface area (Å²) in [5.74, 6) is -0.284. The number of nitrogens with zero attached hydrogens (tertiary/aromatic N) is 1. The lowest BCUT2D eigenvalue weighted by atomic mass is 9.95. The molecule has 1 aromatic rings. The van der Waals surface area contributed by atoms with Crippen molar-refractivity contribution >= 4 is 5.78 Å². The fraction of sp³-hybridized carbons (Fsp3) is 0.562. The summed E-state index contributed by atoms with van der Waals surface area (Å²) in [5.41, 5.74) is 0.560. The number of Topliss-reactive ketones (excluding diaryl/α,β-unsaturated/α-hetero) is 1. The van der Waals surface area contributed by atoms with E-state index in [2.05, 4.69) is 4.90 Å². The molecule has 2 bridgehead atoms. The Hall–Kier alpha value is -1.26. The van der Waals surface area contributed by atoms with Crippen molar-refractivity contribution in [2.75, 3.05) is 0 Å². The van der Waals surface area contributed by atoms with Crippen LogP contribution in [0.2, 0.25) is 0 Å². The van der Waals surface area contributed by atoms with Crippen molar-refractivity contribution in [1.29, 1.82) is 0 Å². The molecule has 3 rings (SSSR count). The normalized spacial score (nSPS) is 31.2. The van der Waals surface area contributed by atoms with E-state index in [1.807, 2.05) is 6.92 Å². The van der Waals surface area contributed by atoms with Gasteiger partial charge in [-0.25, -0.2) is 4.39 Å². The quantitative estimate of drug-likeness (QED) is 0.862. The van der Waals surface area contributed by atoms with Crippen LogP contribution in [-0.2, 0) is 0 Å². The summed E-state index contributed by atoms with van der Waals surface area (Å²) in [5, 5.41) is 9.82. The molecule has 2 aliphatic heterocycles. The highest BCUT2D eigenvalue weighted by molar-refractivity contribution is 5.99. The summed E-state index contributed by atoms with van der Waals surface area (Å²) >= 11 is 0.